The third-order valence-electron chi connectivity index (χ3n) is 9.88. The van der Waals surface area contributed by atoms with E-state index in [-0.39, 0.29) is 60.3 Å². The Hall–Kier alpha value is -4.88. The van der Waals surface area contributed by atoms with Crippen LogP contribution in [0.15, 0.2) is 194 Å². The number of rotatable bonds is 4. The number of aromatic nitrogens is 3. The summed E-state index contributed by atoms with van der Waals surface area (Å²) in [6.07, 6.45) is 0. The first-order valence-corrected chi connectivity index (χ1v) is 21.6. The molecule has 3 radical (unpaired) electrons. The molecule has 0 aliphatic heterocycles. The molecule has 0 saturated carbocycles. The predicted molar refractivity (Wildman–Crippen MR) is 252 cm³/mol. The van der Waals surface area contributed by atoms with Gasteiger partial charge in [0.1, 0.15) is 0 Å². The summed E-state index contributed by atoms with van der Waals surface area (Å²) in [5.74, 6) is 0. The molecule has 0 fully saturated rings. The largest absolute Gasteiger partial charge is 0.285 e. The molecule has 0 bridgehead atoms. The molecule has 3 heterocycles. The van der Waals surface area contributed by atoms with Crippen LogP contribution in [-0.2, 0) is 60.3 Å². The van der Waals surface area contributed by atoms with Crippen LogP contribution in [0, 0.1) is 18.2 Å². The minimum absolute atomic E-state index is 0. The molecule has 0 spiro atoms. The minimum Gasteiger partial charge on any atom is -0.285 e. The molecule has 0 unspecified atom stereocenters. The minimum atomic E-state index is 0. The Morgan fingerprint density at radius 1 is 0.355 bits per heavy atom. The van der Waals surface area contributed by atoms with Gasteiger partial charge in [0, 0.05) is 95.5 Å². The van der Waals surface area contributed by atoms with Crippen molar-refractivity contribution in [3.05, 3.63) is 212 Å². The first-order chi connectivity index (χ1) is 29.2. The van der Waals surface area contributed by atoms with Crippen LogP contribution in [0.3, 0.4) is 0 Å². The molecule has 62 heavy (non-hydrogen) atoms. The van der Waals surface area contributed by atoms with E-state index in [1.165, 1.54) is 46.8 Å². The average molecular weight is 1380 g/mol. The third kappa shape index (κ3) is 9.83. The van der Waals surface area contributed by atoms with Gasteiger partial charge in [-0.15, -0.1) is 108 Å². The Bertz CT molecular complexity index is 3150. The summed E-state index contributed by atoms with van der Waals surface area (Å²) in [7, 11) is 0. The normalized spacial score (nSPS) is 10.5. The van der Waals surface area contributed by atoms with E-state index in [2.05, 4.69) is 152 Å². The van der Waals surface area contributed by atoms with Gasteiger partial charge < -0.3 is 0 Å². The van der Waals surface area contributed by atoms with Crippen LogP contribution in [0.1, 0.15) is 0 Å². The van der Waals surface area contributed by atoms with Crippen LogP contribution in [0.4, 0.5) is 0 Å². The maximum Gasteiger partial charge on any atom is 0.0775 e. The number of nitrogens with zero attached hydrogens (tertiary/aromatic N) is 3. The Balaban J connectivity index is 0.000000137. The fourth-order valence-electron chi connectivity index (χ4n) is 6.98. The van der Waals surface area contributed by atoms with E-state index < -0.39 is 0 Å². The fourth-order valence-corrected chi connectivity index (χ4v) is 9.97. The zero-order valence-electron chi connectivity index (χ0n) is 32.5. The second kappa shape index (κ2) is 21.0. The van der Waals surface area contributed by atoms with Crippen LogP contribution in [0.5, 0.6) is 0 Å². The topological polar surface area (TPSA) is 38.7 Å². The van der Waals surface area contributed by atoms with Gasteiger partial charge in [0.05, 0.1) is 21.3 Å². The van der Waals surface area contributed by atoms with Crippen molar-refractivity contribution in [1.82, 2.24) is 15.0 Å². The van der Waals surface area contributed by atoms with Gasteiger partial charge in [-0.1, -0.05) is 97.1 Å². The number of fused-ring (bicyclic) bond motifs is 7. The van der Waals surface area contributed by atoms with E-state index >= 15 is 0 Å². The second-order valence-electron chi connectivity index (χ2n) is 13.7. The van der Waals surface area contributed by atoms with E-state index in [0.29, 0.717) is 0 Å². The zero-order valence-corrected chi connectivity index (χ0v) is 42.2. The average Bonchev–Trinajstić information content (AvgIpc) is 4.08. The number of hydrogen-bond donors (Lipinski definition) is 0. The third-order valence-corrected chi connectivity index (χ3v) is 13.1. The molecule has 3 nitrogen and oxygen atoms in total. The fraction of sp³-hybridized carbons (Fsp3) is 0. The predicted octanol–water partition coefficient (Wildman–Crippen LogP) is 15.3. The molecule has 9 heteroatoms. The van der Waals surface area contributed by atoms with Crippen molar-refractivity contribution < 1.29 is 60.3 Å². The van der Waals surface area contributed by atoms with Gasteiger partial charge in [0.25, 0.3) is 0 Å². The first kappa shape index (κ1) is 45.2. The number of hydrogen-bond acceptors (Lipinski definition) is 6. The molecular weight excluding hydrogens is 1350 g/mol. The maximum atomic E-state index is 4.80. The van der Waals surface area contributed by atoms with Crippen LogP contribution in [0.25, 0.3) is 95.0 Å². The van der Waals surface area contributed by atoms with E-state index in [1.807, 2.05) is 60.7 Å². The van der Waals surface area contributed by atoms with Crippen molar-refractivity contribution in [3.8, 4) is 42.8 Å². The van der Waals surface area contributed by atoms with Gasteiger partial charge in [-0.2, -0.15) is 34.0 Å². The number of thiazole rings is 3. The van der Waals surface area contributed by atoms with Crippen LogP contribution in [0.2, 0.25) is 0 Å². The Kier molecular flexibility index (Phi) is 15.3. The van der Waals surface area contributed by atoms with Gasteiger partial charge >= 0.3 is 0 Å². The van der Waals surface area contributed by atoms with Crippen LogP contribution < -0.4 is 0 Å². The molecule has 12 rings (SSSR count). The Morgan fingerprint density at radius 2 is 0.855 bits per heavy atom. The van der Waals surface area contributed by atoms with E-state index in [0.717, 1.165) is 48.3 Å². The smallest absolute Gasteiger partial charge is 0.0775 e. The maximum absolute atomic E-state index is 4.80. The van der Waals surface area contributed by atoms with E-state index in [1.54, 1.807) is 34.0 Å². The van der Waals surface area contributed by atoms with E-state index in [4.69, 9.17) is 15.0 Å². The Labute approximate surface area is 412 Å². The second-order valence-corrected chi connectivity index (χ2v) is 16.8. The van der Waals surface area contributed by atoms with Gasteiger partial charge in [-0.05, 0) is 46.2 Å². The molecule has 12 aromatic rings. The quantitative estimate of drug-likeness (QED) is 0.165. The van der Waals surface area contributed by atoms with Crippen molar-refractivity contribution in [3.63, 3.8) is 0 Å². The molecule has 0 N–H and O–H groups in total. The van der Waals surface area contributed by atoms with E-state index in [9.17, 15) is 0 Å². The van der Waals surface area contributed by atoms with Crippen molar-refractivity contribution in [2.45, 2.75) is 0 Å². The zero-order chi connectivity index (χ0) is 39.4. The van der Waals surface area contributed by atoms with Crippen molar-refractivity contribution in [2.75, 3.05) is 0 Å². The summed E-state index contributed by atoms with van der Waals surface area (Å²) in [5, 5.41) is 8.10. The summed E-state index contributed by atoms with van der Waals surface area (Å²) in [6.45, 7) is 0. The van der Waals surface area contributed by atoms with Crippen molar-refractivity contribution in [1.29, 1.82) is 0 Å². The molecule has 0 amide bonds. The monoisotopic (exact) mass is 1390 g/mol. The first-order valence-electron chi connectivity index (χ1n) is 19.2. The molecule has 0 saturated heterocycles. The molecule has 307 valence electrons. The molecule has 3 aromatic heterocycles. The van der Waals surface area contributed by atoms with Gasteiger partial charge in [-0.3, -0.25) is 15.0 Å². The molecule has 0 aliphatic carbocycles. The summed E-state index contributed by atoms with van der Waals surface area (Å²) >= 11 is 5.17. The van der Waals surface area contributed by atoms with Crippen molar-refractivity contribution in [2.24, 2.45) is 0 Å². The Morgan fingerprint density at radius 3 is 1.50 bits per heavy atom. The summed E-state index contributed by atoms with van der Waals surface area (Å²) < 4.78 is 3.69. The van der Waals surface area contributed by atoms with Crippen LogP contribution >= 0.6 is 34.0 Å². The summed E-state index contributed by atoms with van der Waals surface area (Å²) in [4.78, 5) is 14.3. The van der Waals surface area contributed by atoms with Gasteiger partial charge in [0.2, 0.25) is 0 Å². The molecular formula is C53H32Ir3N3S3-3. The van der Waals surface area contributed by atoms with Crippen LogP contribution in [-0.4, -0.2) is 15.0 Å². The summed E-state index contributed by atoms with van der Waals surface area (Å²) in [6, 6.07) is 75.9. The summed E-state index contributed by atoms with van der Waals surface area (Å²) in [5.41, 5.74) is 8.82. The standard InChI is InChI=1S/C19H12NS.2C17H10NS.3Ir/c1-3-7-14(8-4-1)16-11-12-18-17(13-16)20-19(21-18)15-9-5-2-6-10-15;1-2-7-13(8-3-1)17-18-16-14-9-5-4-6-12(14)10-11-15(16)19-17;1-2-7-13(8-3-1)17-18-15-11-10-12-6-4-5-9-14(12)16(15)19-17;;;/h1-9,11-13H;2*1-7,9-11H;;;/q3*-1;;;. The van der Waals surface area contributed by atoms with Gasteiger partial charge in [0.15, 0.2) is 0 Å². The molecule has 0 aliphatic rings. The molecule has 9 aromatic carbocycles. The number of benzene rings is 9. The SMILES string of the molecule is [Ir].[Ir].[Ir].[c-]1ccccc1-c1nc2c(ccc3ccccc32)s1.[c-]1ccccc1-c1nc2cc(-c3ccccc3)ccc2s1.[c-]1ccccc1-c1nc2ccc3ccccc3c2s1. The molecule has 0 atom stereocenters. The van der Waals surface area contributed by atoms with Crippen molar-refractivity contribution >= 4 is 86.2 Å². The van der Waals surface area contributed by atoms with Gasteiger partial charge in [-0.25, -0.2) is 0 Å².